The Morgan fingerprint density at radius 3 is 2.79 bits per heavy atom. The number of thiophene rings is 1. The van der Waals surface area contributed by atoms with E-state index < -0.39 is 29.0 Å². The van der Waals surface area contributed by atoms with E-state index in [1.165, 1.54) is 17.4 Å². The number of carbonyl (C=O) groups excluding carboxylic acids is 1. The predicted octanol–water partition coefficient (Wildman–Crippen LogP) is 2.85. The molecule has 0 spiro atoms. The molecular formula is C20H18FN3O4S. The lowest BCUT2D eigenvalue weighted by Gasteiger charge is -2.31. The molecule has 150 valence electrons. The fraction of sp³-hybridized carbons (Fsp3) is 0.250. The summed E-state index contributed by atoms with van der Waals surface area (Å²) in [5, 5.41) is 30.1. The summed E-state index contributed by atoms with van der Waals surface area (Å²) in [5.74, 6) is -4.13. The molecule has 0 aliphatic carbocycles. The number of aromatic carboxylic acids is 1. The van der Waals surface area contributed by atoms with Crippen LogP contribution >= 0.6 is 11.3 Å². The largest absolute Gasteiger partial charge is 0.507 e. The molecule has 0 saturated carbocycles. The third-order valence-corrected chi connectivity index (χ3v) is 5.98. The van der Waals surface area contributed by atoms with Crippen LogP contribution in [0.2, 0.25) is 0 Å². The summed E-state index contributed by atoms with van der Waals surface area (Å²) in [7, 11) is 1.84. The molecular weight excluding hydrogens is 397 g/mol. The van der Waals surface area contributed by atoms with Crippen molar-refractivity contribution in [1.29, 1.82) is 0 Å². The fourth-order valence-electron chi connectivity index (χ4n) is 3.82. The number of halogens is 1. The molecule has 9 heteroatoms. The summed E-state index contributed by atoms with van der Waals surface area (Å²) in [6.45, 7) is 0.592. The molecule has 2 aliphatic rings. The highest BCUT2D eigenvalue weighted by molar-refractivity contribution is 7.11. The van der Waals surface area contributed by atoms with Crippen molar-refractivity contribution in [2.24, 2.45) is 11.0 Å². The Bertz CT molecular complexity index is 1020. The summed E-state index contributed by atoms with van der Waals surface area (Å²) in [6.07, 6.45) is 1.82. The fourth-order valence-corrected chi connectivity index (χ4v) is 4.66. The lowest BCUT2D eigenvalue weighted by molar-refractivity contribution is -0.121. The zero-order valence-corrected chi connectivity index (χ0v) is 16.2. The molecule has 1 aromatic heterocycles. The summed E-state index contributed by atoms with van der Waals surface area (Å²) in [6, 6.07) is 6.13. The Kier molecular flexibility index (Phi) is 4.83. The minimum absolute atomic E-state index is 0.0573. The van der Waals surface area contributed by atoms with Gasteiger partial charge in [-0.3, -0.25) is 9.80 Å². The number of aromatic hydroxyl groups is 1. The Morgan fingerprint density at radius 2 is 2.21 bits per heavy atom. The number of hydrazone groups is 1. The van der Waals surface area contributed by atoms with Crippen molar-refractivity contribution < 1.29 is 24.2 Å². The highest BCUT2D eigenvalue weighted by Gasteiger charge is 2.35. The van der Waals surface area contributed by atoms with Crippen molar-refractivity contribution >= 4 is 35.0 Å². The van der Waals surface area contributed by atoms with E-state index in [2.05, 4.69) is 10.4 Å². The van der Waals surface area contributed by atoms with Gasteiger partial charge >= 0.3 is 5.97 Å². The van der Waals surface area contributed by atoms with Crippen LogP contribution in [0.3, 0.4) is 0 Å². The van der Waals surface area contributed by atoms with Crippen molar-refractivity contribution in [2.75, 3.05) is 13.6 Å². The molecule has 2 aliphatic heterocycles. The Labute approximate surface area is 169 Å². The molecule has 1 aromatic carbocycles. The standard InChI is InChI=1S/C20H18FN3O4S/c1-24-9-11(8-22-24)19-17(15-3-2-4-29-15)12(7-16(26)23-19)10-5-13(21)18(20(27)28)14(25)6-10/h2-6,8,11-12,25H,7,9H2,1H3,(H,23,26)(H,27,28). The van der Waals surface area contributed by atoms with Crippen LogP contribution in [-0.2, 0) is 4.79 Å². The van der Waals surface area contributed by atoms with Crippen LogP contribution in [0, 0.1) is 11.7 Å². The monoisotopic (exact) mass is 415 g/mol. The van der Waals surface area contributed by atoms with E-state index in [0.717, 1.165) is 16.5 Å². The van der Waals surface area contributed by atoms with Crippen LogP contribution in [0.15, 0.2) is 40.4 Å². The third-order valence-electron chi connectivity index (χ3n) is 5.07. The number of carboxylic acid groups (broad SMARTS) is 1. The van der Waals surface area contributed by atoms with E-state index in [1.54, 1.807) is 11.2 Å². The molecule has 3 N–H and O–H groups in total. The topological polar surface area (TPSA) is 102 Å². The first-order valence-electron chi connectivity index (χ1n) is 8.94. The molecule has 0 fully saturated rings. The number of hydrogen-bond donors (Lipinski definition) is 3. The quantitative estimate of drug-likeness (QED) is 0.713. The van der Waals surface area contributed by atoms with Gasteiger partial charge in [-0.05, 0) is 34.7 Å². The molecule has 29 heavy (non-hydrogen) atoms. The van der Waals surface area contributed by atoms with Crippen LogP contribution in [0.25, 0.3) is 5.57 Å². The number of amides is 1. The van der Waals surface area contributed by atoms with Crippen LogP contribution < -0.4 is 5.32 Å². The molecule has 2 unspecified atom stereocenters. The molecule has 4 rings (SSSR count). The lowest BCUT2D eigenvalue weighted by atomic mass is 9.80. The molecule has 1 amide bonds. The summed E-state index contributed by atoms with van der Waals surface area (Å²) >= 11 is 1.49. The number of nitrogens with one attached hydrogen (secondary N) is 1. The van der Waals surface area contributed by atoms with E-state index in [-0.39, 0.29) is 18.2 Å². The summed E-state index contributed by atoms with van der Waals surface area (Å²) in [5.41, 5.74) is 1.10. The number of rotatable bonds is 4. The number of allylic oxidation sites excluding steroid dienone is 1. The third kappa shape index (κ3) is 3.49. The van der Waals surface area contributed by atoms with Gasteiger partial charge in [-0.25, -0.2) is 9.18 Å². The first kappa shape index (κ1) is 19.1. The summed E-state index contributed by atoms with van der Waals surface area (Å²) in [4.78, 5) is 24.6. The van der Waals surface area contributed by atoms with E-state index in [0.29, 0.717) is 17.8 Å². The number of hydrogen-bond acceptors (Lipinski definition) is 6. The minimum Gasteiger partial charge on any atom is -0.507 e. The normalized spacial score (nSPS) is 21.6. The first-order valence-corrected chi connectivity index (χ1v) is 9.82. The van der Waals surface area contributed by atoms with E-state index >= 15 is 0 Å². The zero-order chi connectivity index (χ0) is 20.7. The molecule has 7 nitrogen and oxygen atoms in total. The number of carbonyl (C=O) groups is 2. The smallest absolute Gasteiger partial charge is 0.342 e. The van der Waals surface area contributed by atoms with Gasteiger partial charge in [0.05, 0.1) is 5.92 Å². The summed E-state index contributed by atoms with van der Waals surface area (Å²) < 4.78 is 14.4. The molecule has 0 bridgehead atoms. The second-order valence-corrected chi connectivity index (χ2v) is 7.97. The predicted molar refractivity (Wildman–Crippen MR) is 106 cm³/mol. The van der Waals surface area contributed by atoms with E-state index in [1.807, 2.05) is 24.6 Å². The van der Waals surface area contributed by atoms with Gasteiger partial charge in [0.1, 0.15) is 17.1 Å². The van der Waals surface area contributed by atoms with Gasteiger partial charge in [-0.15, -0.1) is 11.3 Å². The second-order valence-electron chi connectivity index (χ2n) is 7.02. The van der Waals surface area contributed by atoms with Crippen molar-refractivity contribution in [3.8, 4) is 5.75 Å². The van der Waals surface area contributed by atoms with Crippen molar-refractivity contribution in [3.63, 3.8) is 0 Å². The second kappa shape index (κ2) is 7.32. The number of carboxylic acids is 1. The number of benzene rings is 1. The Balaban J connectivity index is 1.88. The lowest BCUT2D eigenvalue weighted by Crippen LogP contribution is -2.36. The molecule has 0 radical (unpaired) electrons. The van der Waals surface area contributed by atoms with Crippen molar-refractivity contribution in [2.45, 2.75) is 12.3 Å². The van der Waals surface area contributed by atoms with Crippen LogP contribution in [0.5, 0.6) is 5.75 Å². The van der Waals surface area contributed by atoms with Crippen molar-refractivity contribution in [1.82, 2.24) is 10.3 Å². The van der Waals surface area contributed by atoms with Crippen LogP contribution in [0.4, 0.5) is 4.39 Å². The van der Waals surface area contributed by atoms with Crippen molar-refractivity contribution in [3.05, 3.63) is 57.2 Å². The van der Waals surface area contributed by atoms with Gasteiger partial charge in [-0.1, -0.05) is 6.07 Å². The first-order chi connectivity index (χ1) is 13.8. The SMILES string of the molecule is CN1CC(C2=C(c3cccs3)C(c3cc(O)c(C(=O)O)c(F)c3)CC(=O)N2)C=N1. The average molecular weight is 415 g/mol. The zero-order valence-electron chi connectivity index (χ0n) is 15.4. The van der Waals surface area contributed by atoms with Gasteiger partial charge in [0, 0.05) is 42.7 Å². The highest BCUT2D eigenvalue weighted by atomic mass is 32.1. The average Bonchev–Trinajstić information content (AvgIpc) is 3.31. The number of nitrogens with zero attached hydrogens (tertiary/aromatic N) is 2. The molecule has 3 heterocycles. The maximum Gasteiger partial charge on any atom is 0.342 e. The van der Waals surface area contributed by atoms with Gasteiger partial charge in [0.2, 0.25) is 5.91 Å². The van der Waals surface area contributed by atoms with E-state index in [4.69, 9.17) is 5.11 Å². The Morgan fingerprint density at radius 1 is 1.41 bits per heavy atom. The van der Waals surface area contributed by atoms with Gasteiger partial charge < -0.3 is 15.5 Å². The van der Waals surface area contributed by atoms with E-state index in [9.17, 15) is 19.1 Å². The molecule has 2 aromatic rings. The highest BCUT2D eigenvalue weighted by Crippen LogP contribution is 2.44. The van der Waals surface area contributed by atoms with Gasteiger partial charge in [-0.2, -0.15) is 5.10 Å². The number of phenols is 1. The minimum atomic E-state index is -1.55. The maximum atomic E-state index is 14.4. The van der Waals surface area contributed by atoms with Crippen LogP contribution in [0.1, 0.15) is 33.1 Å². The van der Waals surface area contributed by atoms with Gasteiger partial charge in [0.25, 0.3) is 0 Å². The van der Waals surface area contributed by atoms with Gasteiger partial charge in [0.15, 0.2) is 0 Å². The van der Waals surface area contributed by atoms with Crippen LogP contribution in [-0.4, -0.2) is 46.9 Å². The maximum absolute atomic E-state index is 14.4. The Hall–Kier alpha value is -3.20. The molecule has 2 atom stereocenters. The molecule has 0 saturated heterocycles.